The van der Waals surface area contributed by atoms with E-state index in [0.29, 0.717) is 0 Å². The van der Waals surface area contributed by atoms with Gasteiger partial charge in [-0.15, -0.1) is 0 Å². The van der Waals surface area contributed by atoms with Crippen LogP contribution in [0, 0.1) is 6.07 Å². The Morgan fingerprint density at radius 2 is 1.36 bits per heavy atom. The standard InChI is InChI=1S/C22H37/c1-7-9-13-17-21(3,4)19-15-11-12-16-20(19)22(5,6)18-14-10-8-2/h11-12,15H,7-10,13-14,17-18H2,1-6H3. The fourth-order valence-corrected chi connectivity index (χ4v) is 3.45. The lowest BCUT2D eigenvalue weighted by Crippen LogP contribution is -2.26. The van der Waals surface area contributed by atoms with Gasteiger partial charge in [0.15, 0.2) is 0 Å². The van der Waals surface area contributed by atoms with E-state index < -0.39 is 0 Å². The monoisotopic (exact) mass is 301 g/mol. The van der Waals surface area contributed by atoms with E-state index in [1.807, 2.05) is 0 Å². The molecule has 0 aliphatic heterocycles. The molecular weight excluding hydrogens is 264 g/mol. The Kier molecular flexibility index (Phi) is 7.66. The predicted octanol–water partition coefficient (Wildman–Crippen LogP) is 7.20. The summed E-state index contributed by atoms with van der Waals surface area (Å²) in [7, 11) is 0. The van der Waals surface area contributed by atoms with E-state index >= 15 is 0 Å². The van der Waals surface area contributed by atoms with E-state index in [4.69, 9.17) is 0 Å². The number of unbranched alkanes of at least 4 members (excludes halogenated alkanes) is 4. The van der Waals surface area contributed by atoms with Gasteiger partial charge in [0.05, 0.1) is 0 Å². The molecule has 1 rings (SSSR count). The normalized spacial score (nSPS) is 12.6. The van der Waals surface area contributed by atoms with Crippen LogP contribution in [0.3, 0.4) is 0 Å². The van der Waals surface area contributed by atoms with Crippen molar-refractivity contribution >= 4 is 0 Å². The van der Waals surface area contributed by atoms with Crippen molar-refractivity contribution in [2.45, 2.75) is 104 Å². The Bertz CT molecular complexity index is 384. The summed E-state index contributed by atoms with van der Waals surface area (Å²) in [6, 6.07) is 10.2. The smallest absolute Gasteiger partial charge is 0.00945 e. The van der Waals surface area contributed by atoms with Gasteiger partial charge in [-0.05, 0) is 40.9 Å². The molecule has 0 saturated heterocycles. The number of hydrogen-bond acceptors (Lipinski definition) is 0. The molecule has 0 bridgehead atoms. The lowest BCUT2D eigenvalue weighted by molar-refractivity contribution is 0.409. The highest BCUT2D eigenvalue weighted by Crippen LogP contribution is 2.39. The Morgan fingerprint density at radius 1 is 0.818 bits per heavy atom. The summed E-state index contributed by atoms with van der Waals surface area (Å²) in [6.07, 6.45) is 10.5. The van der Waals surface area contributed by atoms with Gasteiger partial charge in [-0.3, -0.25) is 0 Å². The van der Waals surface area contributed by atoms with Crippen LogP contribution in [0.4, 0.5) is 0 Å². The molecule has 0 heteroatoms. The molecule has 0 spiro atoms. The van der Waals surface area contributed by atoms with Gasteiger partial charge in [0.1, 0.15) is 0 Å². The molecule has 0 atom stereocenters. The number of rotatable bonds is 10. The molecule has 22 heavy (non-hydrogen) atoms. The predicted molar refractivity (Wildman–Crippen MR) is 99.6 cm³/mol. The molecule has 0 heterocycles. The van der Waals surface area contributed by atoms with E-state index in [1.54, 1.807) is 0 Å². The quantitative estimate of drug-likeness (QED) is 0.401. The van der Waals surface area contributed by atoms with Gasteiger partial charge >= 0.3 is 0 Å². The first-order valence-corrected chi connectivity index (χ1v) is 9.37. The Balaban J connectivity index is 2.97. The minimum Gasteiger partial charge on any atom is -0.0654 e. The van der Waals surface area contributed by atoms with E-state index in [0.717, 1.165) is 0 Å². The number of benzene rings is 1. The molecule has 125 valence electrons. The molecule has 0 saturated carbocycles. The van der Waals surface area contributed by atoms with Gasteiger partial charge in [0, 0.05) is 0 Å². The van der Waals surface area contributed by atoms with E-state index in [9.17, 15) is 0 Å². The van der Waals surface area contributed by atoms with Gasteiger partial charge in [-0.1, -0.05) is 98.3 Å². The van der Waals surface area contributed by atoms with Gasteiger partial charge in [0.2, 0.25) is 0 Å². The van der Waals surface area contributed by atoms with E-state index in [-0.39, 0.29) is 10.8 Å². The van der Waals surface area contributed by atoms with Crippen LogP contribution in [0.5, 0.6) is 0 Å². The molecular formula is C22H37. The molecule has 1 aromatic rings. The zero-order chi connectivity index (χ0) is 16.6. The lowest BCUT2D eigenvalue weighted by atomic mass is 9.70. The molecule has 0 aromatic heterocycles. The second kappa shape index (κ2) is 8.75. The van der Waals surface area contributed by atoms with Gasteiger partial charge < -0.3 is 0 Å². The van der Waals surface area contributed by atoms with Crippen molar-refractivity contribution in [2.24, 2.45) is 0 Å². The Morgan fingerprint density at radius 3 is 1.91 bits per heavy atom. The first-order valence-electron chi connectivity index (χ1n) is 9.37. The number of hydrogen-bond donors (Lipinski definition) is 0. The third-order valence-corrected chi connectivity index (χ3v) is 5.07. The summed E-state index contributed by atoms with van der Waals surface area (Å²) in [6.45, 7) is 14.2. The molecule has 0 aliphatic rings. The highest BCUT2D eigenvalue weighted by atomic mass is 14.3. The molecule has 0 nitrogen and oxygen atoms in total. The average Bonchev–Trinajstić information content (AvgIpc) is 2.47. The van der Waals surface area contributed by atoms with Crippen molar-refractivity contribution in [2.75, 3.05) is 0 Å². The van der Waals surface area contributed by atoms with Crippen molar-refractivity contribution in [3.8, 4) is 0 Å². The SMILES string of the molecule is CCCCCC(C)(C)c1[c]cccc1C(C)(C)CCCCC. The molecule has 1 aromatic carbocycles. The summed E-state index contributed by atoms with van der Waals surface area (Å²) in [5.74, 6) is 0. The minimum atomic E-state index is 0.230. The molecule has 0 aliphatic carbocycles. The third-order valence-electron chi connectivity index (χ3n) is 5.07. The van der Waals surface area contributed by atoms with Crippen molar-refractivity contribution in [3.63, 3.8) is 0 Å². The lowest BCUT2D eigenvalue weighted by Gasteiger charge is -2.34. The molecule has 0 fully saturated rings. The fraction of sp³-hybridized carbons (Fsp3) is 0.727. The fourth-order valence-electron chi connectivity index (χ4n) is 3.45. The molecule has 0 N–H and O–H groups in total. The van der Waals surface area contributed by atoms with Crippen LogP contribution in [-0.2, 0) is 10.8 Å². The highest BCUT2D eigenvalue weighted by Gasteiger charge is 2.29. The summed E-state index contributed by atoms with van der Waals surface area (Å²) in [5, 5.41) is 0. The minimum absolute atomic E-state index is 0.230. The third kappa shape index (κ3) is 5.45. The molecule has 0 unspecified atom stereocenters. The van der Waals surface area contributed by atoms with Gasteiger partial charge in [0.25, 0.3) is 0 Å². The Hall–Kier alpha value is -0.780. The second-order valence-corrected chi connectivity index (χ2v) is 8.14. The van der Waals surface area contributed by atoms with E-state index in [1.165, 1.54) is 62.5 Å². The van der Waals surface area contributed by atoms with Crippen molar-refractivity contribution in [3.05, 3.63) is 35.4 Å². The van der Waals surface area contributed by atoms with Crippen LogP contribution in [-0.4, -0.2) is 0 Å². The maximum atomic E-state index is 3.60. The maximum Gasteiger partial charge on any atom is -0.00945 e. The van der Waals surface area contributed by atoms with Gasteiger partial charge in [-0.25, -0.2) is 0 Å². The maximum absolute atomic E-state index is 3.60. The van der Waals surface area contributed by atoms with Crippen LogP contribution in [0.1, 0.15) is 104 Å². The zero-order valence-electron chi connectivity index (χ0n) is 15.9. The van der Waals surface area contributed by atoms with Crippen LogP contribution >= 0.6 is 0 Å². The Labute approximate surface area is 139 Å². The van der Waals surface area contributed by atoms with Crippen LogP contribution < -0.4 is 0 Å². The molecule has 1 radical (unpaired) electrons. The largest absolute Gasteiger partial charge is 0.0654 e. The summed E-state index contributed by atoms with van der Waals surface area (Å²) >= 11 is 0. The first-order chi connectivity index (χ1) is 10.3. The van der Waals surface area contributed by atoms with Crippen LogP contribution in [0.15, 0.2) is 18.2 Å². The average molecular weight is 302 g/mol. The van der Waals surface area contributed by atoms with E-state index in [2.05, 4.69) is 65.8 Å². The highest BCUT2D eigenvalue weighted by molar-refractivity contribution is 5.37. The summed E-state index contributed by atoms with van der Waals surface area (Å²) < 4.78 is 0. The summed E-state index contributed by atoms with van der Waals surface area (Å²) in [5.41, 5.74) is 3.46. The van der Waals surface area contributed by atoms with Crippen molar-refractivity contribution in [1.82, 2.24) is 0 Å². The first kappa shape index (κ1) is 19.3. The van der Waals surface area contributed by atoms with Crippen molar-refractivity contribution in [1.29, 1.82) is 0 Å². The van der Waals surface area contributed by atoms with Crippen LogP contribution in [0.25, 0.3) is 0 Å². The second-order valence-electron chi connectivity index (χ2n) is 8.14. The summed E-state index contributed by atoms with van der Waals surface area (Å²) in [4.78, 5) is 0. The van der Waals surface area contributed by atoms with Crippen molar-refractivity contribution < 1.29 is 0 Å². The zero-order valence-corrected chi connectivity index (χ0v) is 15.9. The van der Waals surface area contributed by atoms with Gasteiger partial charge in [-0.2, -0.15) is 0 Å². The topological polar surface area (TPSA) is 0 Å². The molecule has 0 amide bonds. The van der Waals surface area contributed by atoms with Crippen LogP contribution in [0.2, 0.25) is 0 Å².